The van der Waals surface area contributed by atoms with Crippen molar-refractivity contribution in [2.24, 2.45) is 0 Å². The molecule has 0 spiro atoms. The molecule has 1 aliphatic heterocycles. The SMILES string of the molecule is Cc1cc(NC(=O)CCN2CCN(C(=O)c3ccc(F)c(F)c3F)CC2)no1. The molecule has 7 nitrogen and oxygen atoms in total. The average Bonchev–Trinajstić information content (AvgIpc) is 3.09. The van der Waals surface area contributed by atoms with E-state index in [1.54, 1.807) is 13.0 Å². The maximum absolute atomic E-state index is 13.8. The van der Waals surface area contributed by atoms with Crippen molar-refractivity contribution < 1.29 is 27.3 Å². The summed E-state index contributed by atoms with van der Waals surface area (Å²) in [6, 6.07) is 3.29. The van der Waals surface area contributed by atoms with Crippen molar-refractivity contribution in [3.05, 3.63) is 47.0 Å². The minimum Gasteiger partial charge on any atom is -0.360 e. The predicted octanol–water partition coefficient (Wildman–Crippen LogP) is 2.19. The standard InChI is InChI=1S/C18H19F3N4O3/c1-11-10-14(23-28-11)22-15(26)4-5-24-6-8-25(9-7-24)18(27)12-2-3-13(19)17(21)16(12)20/h2-3,10H,4-9H2,1H3,(H,22,23,26). The molecule has 10 heteroatoms. The number of carbonyl (C=O) groups excluding carboxylic acids is 2. The number of nitrogens with one attached hydrogen (secondary N) is 1. The zero-order chi connectivity index (χ0) is 20.3. The van der Waals surface area contributed by atoms with Gasteiger partial charge in [0.15, 0.2) is 23.3 Å². The van der Waals surface area contributed by atoms with Gasteiger partial charge in [-0.05, 0) is 19.1 Å². The third-order valence-corrected chi connectivity index (χ3v) is 4.48. The van der Waals surface area contributed by atoms with Crippen molar-refractivity contribution in [1.82, 2.24) is 15.0 Å². The van der Waals surface area contributed by atoms with Gasteiger partial charge >= 0.3 is 0 Å². The van der Waals surface area contributed by atoms with E-state index in [0.717, 1.165) is 12.1 Å². The average molecular weight is 396 g/mol. The molecule has 0 atom stereocenters. The number of carbonyl (C=O) groups is 2. The molecule has 0 aliphatic carbocycles. The third-order valence-electron chi connectivity index (χ3n) is 4.48. The Balaban J connectivity index is 1.47. The van der Waals surface area contributed by atoms with E-state index in [9.17, 15) is 22.8 Å². The van der Waals surface area contributed by atoms with Gasteiger partial charge in [0, 0.05) is 45.2 Å². The van der Waals surface area contributed by atoms with E-state index in [-0.39, 0.29) is 12.3 Å². The summed E-state index contributed by atoms with van der Waals surface area (Å²) in [5.41, 5.74) is -0.491. The highest BCUT2D eigenvalue weighted by Gasteiger charge is 2.26. The molecule has 150 valence electrons. The smallest absolute Gasteiger partial charge is 0.257 e. The Morgan fingerprint density at radius 3 is 2.50 bits per heavy atom. The van der Waals surface area contributed by atoms with Gasteiger partial charge in [0.05, 0.1) is 5.56 Å². The monoisotopic (exact) mass is 396 g/mol. The number of halogens is 3. The number of nitrogens with zero attached hydrogens (tertiary/aromatic N) is 3. The topological polar surface area (TPSA) is 78.7 Å². The molecule has 2 aromatic rings. The second kappa shape index (κ2) is 8.42. The van der Waals surface area contributed by atoms with E-state index in [1.807, 2.05) is 4.90 Å². The first-order valence-corrected chi connectivity index (χ1v) is 8.73. The summed E-state index contributed by atoms with van der Waals surface area (Å²) in [6.45, 7) is 3.74. The van der Waals surface area contributed by atoms with Gasteiger partial charge in [-0.2, -0.15) is 0 Å². The molecule has 1 fully saturated rings. The molecule has 2 amide bonds. The Morgan fingerprint density at radius 2 is 1.86 bits per heavy atom. The number of benzene rings is 1. The first-order valence-electron chi connectivity index (χ1n) is 8.73. The van der Waals surface area contributed by atoms with E-state index >= 15 is 0 Å². The quantitative estimate of drug-likeness (QED) is 0.784. The van der Waals surface area contributed by atoms with E-state index in [0.29, 0.717) is 44.3 Å². The molecular weight excluding hydrogens is 377 g/mol. The normalized spacial score (nSPS) is 14.9. The van der Waals surface area contributed by atoms with Gasteiger partial charge in [0.2, 0.25) is 5.91 Å². The molecule has 0 unspecified atom stereocenters. The van der Waals surface area contributed by atoms with Gasteiger partial charge in [0.1, 0.15) is 5.76 Å². The molecule has 1 aliphatic rings. The first-order chi connectivity index (χ1) is 13.3. The maximum atomic E-state index is 13.8. The molecule has 1 saturated heterocycles. The minimum absolute atomic E-state index is 0.212. The van der Waals surface area contributed by atoms with Crippen LogP contribution >= 0.6 is 0 Å². The van der Waals surface area contributed by atoms with Crippen molar-refractivity contribution in [2.75, 3.05) is 38.0 Å². The summed E-state index contributed by atoms with van der Waals surface area (Å²) in [5, 5.41) is 6.31. The highest BCUT2D eigenvalue weighted by Crippen LogP contribution is 2.18. The Hall–Kier alpha value is -2.88. The maximum Gasteiger partial charge on any atom is 0.257 e. The second-order valence-corrected chi connectivity index (χ2v) is 6.48. The number of aryl methyl sites for hydroxylation is 1. The minimum atomic E-state index is -1.65. The van der Waals surface area contributed by atoms with Crippen LogP contribution in [0.2, 0.25) is 0 Å². The fourth-order valence-electron chi connectivity index (χ4n) is 2.93. The van der Waals surface area contributed by atoms with Crippen molar-refractivity contribution in [2.45, 2.75) is 13.3 Å². The van der Waals surface area contributed by atoms with Crippen LogP contribution < -0.4 is 5.32 Å². The zero-order valence-electron chi connectivity index (χ0n) is 15.2. The highest BCUT2D eigenvalue weighted by molar-refractivity contribution is 5.94. The van der Waals surface area contributed by atoms with E-state index < -0.39 is 28.9 Å². The van der Waals surface area contributed by atoms with Crippen LogP contribution in [-0.4, -0.2) is 59.5 Å². The molecule has 1 N–H and O–H groups in total. The molecule has 3 rings (SSSR count). The fraction of sp³-hybridized carbons (Fsp3) is 0.389. The summed E-state index contributed by atoms with van der Waals surface area (Å²) >= 11 is 0. The van der Waals surface area contributed by atoms with Gasteiger partial charge < -0.3 is 14.7 Å². The van der Waals surface area contributed by atoms with Crippen LogP contribution in [-0.2, 0) is 4.79 Å². The molecular formula is C18H19F3N4O3. The summed E-state index contributed by atoms with van der Waals surface area (Å²) in [4.78, 5) is 27.7. The van der Waals surface area contributed by atoms with Crippen LogP contribution in [0.15, 0.2) is 22.7 Å². The Bertz CT molecular complexity index is 879. The molecule has 28 heavy (non-hydrogen) atoms. The number of hydrogen-bond acceptors (Lipinski definition) is 5. The van der Waals surface area contributed by atoms with Gasteiger partial charge in [-0.1, -0.05) is 5.16 Å². The number of amides is 2. The first kappa shape index (κ1) is 19.9. The van der Waals surface area contributed by atoms with Gasteiger partial charge in [-0.15, -0.1) is 0 Å². The lowest BCUT2D eigenvalue weighted by Gasteiger charge is -2.34. The van der Waals surface area contributed by atoms with Gasteiger partial charge in [0.25, 0.3) is 5.91 Å². The van der Waals surface area contributed by atoms with Gasteiger partial charge in [-0.25, -0.2) is 13.2 Å². The summed E-state index contributed by atoms with van der Waals surface area (Å²) in [5.74, 6) is -4.42. The predicted molar refractivity (Wildman–Crippen MR) is 93.1 cm³/mol. The van der Waals surface area contributed by atoms with E-state index in [1.165, 1.54) is 4.90 Å². The van der Waals surface area contributed by atoms with Crippen LogP contribution in [0, 0.1) is 24.4 Å². The van der Waals surface area contributed by atoms with Crippen molar-refractivity contribution in [1.29, 1.82) is 0 Å². The molecule has 2 heterocycles. The largest absolute Gasteiger partial charge is 0.360 e. The number of aromatic nitrogens is 1. The summed E-state index contributed by atoms with van der Waals surface area (Å²) in [7, 11) is 0. The highest BCUT2D eigenvalue weighted by atomic mass is 19.2. The Labute approximate surface area is 159 Å². The Morgan fingerprint density at radius 1 is 1.14 bits per heavy atom. The summed E-state index contributed by atoms with van der Waals surface area (Å²) < 4.78 is 45.0. The summed E-state index contributed by atoms with van der Waals surface area (Å²) in [6.07, 6.45) is 0.234. The lowest BCUT2D eigenvalue weighted by Crippen LogP contribution is -2.49. The number of piperazine rings is 1. The number of rotatable bonds is 5. The van der Waals surface area contributed by atoms with Crippen molar-refractivity contribution in [3.8, 4) is 0 Å². The van der Waals surface area contributed by atoms with Crippen LogP contribution in [0.3, 0.4) is 0 Å². The Kier molecular flexibility index (Phi) is 5.98. The molecule has 0 radical (unpaired) electrons. The number of anilines is 1. The molecule has 0 bridgehead atoms. The van der Waals surface area contributed by atoms with Crippen molar-refractivity contribution >= 4 is 17.6 Å². The second-order valence-electron chi connectivity index (χ2n) is 6.48. The third kappa shape index (κ3) is 4.50. The van der Waals surface area contributed by atoms with E-state index in [4.69, 9.17) is 4.52 Å². The van der Waals surface area contributed by atoms with Gasteiger partial charge in [-0.3, -0.25) is 14.5 Å². The van der Waals surface area contributed by atoms with E-state index in [2.05, 4.69) is 10.5 Å². The fourth-order valence-corrected chi connectivity index (χ4v) is 2.93. The van der Waals surface area contributed by atoms with Crippen LogP contribution in [0.5, 0.6) is 0 Å². The number of hydrogen-bond donors (Lipinski definition) is 1. The van der Waals surface area contributed by atoms with Crippen LogP contribution in [0.1, 0.15) is 22.5 Å². The molecule has 1 aromatic carbocycles. The van der Waals surface area contributed by atoms with Crippen LogP contribution in [0.25, 0.3) is 0 Å². The van der Waals surface area contributed by atoms with Crippen LogP contribution in [0.4, 0.5) is 19.0 Å². The van der Waals surface area contributed by atoms with Crippen molar-refractivity contribution in [3.63, 3.8) is 0 Å². The lowest BCUT2D eigenvalue weighted by molar-refractivity contribution is -0.116. The molecule has 1 aromatic heterocycles. The molecule has 0 saturated carbocycles. The zero-order valence-corrected chi connectivity index (χ0v) is 15.2. The lowest BCUT2D eigenvalue weighted by atomic mass is 10.1.